The fraction of sp³-hybridized carbons (Fsp3) is 0.390. The number of thioether (sulfide) groups is 1. The predicted molar refractivity (Wildman–Crippen MR) is 214 cm³/mol. The van der Waals surface area contributed by atoms with Crippen LogP contribution in [-0.4, -0.2) is 93.3 Å². The van der Waals surface area contributed by atoms with Crippen LogP contribution in [0.15, 0.2) is 101 Å². The van der Waals surface area contributed by atoms with Gasteiger partial charge in [-0.2, -0.15) is 0 Å². The van der Waals surface area contributed by atoms with Gasteiger partial charge in [0, 0.05) is 61.4 Å². The molecule has 2 aliphatic heterocycles. The summed E-state index contributed by atoms with van der Waals surface area (Å²) in [6.07, 6.45) is -5.26. The van der Waals surface area contributed by atoms with E-state index in [1.54, 1.807) is 86.6 Å². The van der Waals surface area contributed by atoms with Crippen LogP contribution in [0.2, 0.25) is 0 Å². The van der Waals surface area contributed by atoms with Crippen LogP contribution in [0.4, 0.5) is 11.4 Å². The van der Waals surface area contributed by atoms with Gasteiger partial charge in [-0.1, -0.05) is 66.4 Å². The van der Waals surface area contributed by atoms with E-state index in [1.807, 2.05) is 37.2 Å². The zero-order chi connectivity index (χ0) is 41.1. The van der Waals surface area contributed by atoms with Gasteiger partial charge in [0.2, 0.25) is 10.8 Å². The number of sulfonamides is 1. The first-order chi connectivity index (χ1) is 27.0. The van der Waals surface area contributed by atoms with Gasteiger partial charge in [0.15, 0.2) is 5.79 Å². The number of carbonyl (C=O) groups excluding carboxylic acids is 3. The average molecular weight is 822 g/mol. The Morgan fingerprint density at radius 1 is 0.930 bits per heavy atom. The second-order valence-electron chi connectivity index (χ2n) is 14.6. The Bertz CT molecular complexity index is 2200. The maximum absolute atomic E-state index is 14.4. The molecule has 0 saturated carbocycles. The van der Waals surface area contributed by atoms with Gasteiger partial charge in [-0.3, -0.25) is 14.3 Å². The summed E-state index contributed by atoms with van der Waals surface area (Å²) in [6.45, 7) is 5.69. The number of fused-ring (bicyclic) bond motifs is 1. The number of nitrogens with one attached hydrogen (secondary N) is 2. The van der Waals surface area contributed by atoms with Crippen molar-refractivity contribution in [1.82, 2.24) is 5.32 Å². The van der Waals surface area contributed by atoms with Crippen molar-refractivity contribution in [3.63, 3.8) is 0 Å². The summed E-state index contributed by atoms with van der Waals surface area (Å²) in [4.78, 5) is 40.0. The van der Waals surface area contributed by atoms with E-state index in [0.717, 1.165) is 22.8 Å². The summed E-state index contributed by atoms with van der Waals surface area (Å²) < 4.78 is 60.1. The van der Waals surface area contributed by atoms with E-state index in [4.69, 9.17) is 23.7 Å². The smallest absolute Gasteiger partial charge is 0.349 e. The molecule has 0 spiro atoms. The first-order valence-electron chi connectivity index (χ1n) is 18.3. The third-order valence-electron chi connectivity index (χ3n) is 9.53. The van der Waals surface area contributed by atoms with Crippen molar-refractivity contribution >= 4 is 61.8 Å². The Hall–Kier alpha value is -4.71. The minimum atomic E-state index is -4.06. The minimum Gasteiger partial charge on any atom is -0.460 e. The summed E-state index contributed by atoms with van der Waals surface area (Å²) >= 11 is 0.934. The van der Waals surface area contributed by atoms with E-state index in [1.165, 1.54) is 13.8 Å². The Morgan fingerprint density at radius 3 is 2.25 bits per heavy atom. The third-order valence-corrected chi connectivity index (χ3v) is 12.2. The lowest BCUT2D eigenvalue weighted by molar-refractivity contribution is -0.219. The predicted octanol–water partition coefficient (Wildman–Crippen LogP) is 4.98. The molecule has 4 aromatic carbocycles. The number of esters is 2. The molecule has 2 saturated heterocycles. The number of ether oxygens (including phenoxy) is 5. The van der Waals surface area contributed by atoms with Gasteiger partial charge < -0.3 is 39.0 Å². The molecule has 0 unspecified atom stereocenters. The number of nitrogens with zero attached hydrogens (tertiary/aromatic N) is 1. The molecular formula is C41H47N3O11S2. The first-order valence-corrected chi connectivity index (χ1v) is 20.6. The molecule has 0 aliphatic carbocycles. The van der Waals surface area contributed by atoms with Crippen LogP contribution in [0.1, 0.15) is 39.7 Å². The average Bonchev–Trinajstić information content (AvgIpc) is 3.53. The Morgan fingerprint density at radius 2 is 1.61 bits per heavy atom. The zero-order valence-corrected chi connectivity index (χ0v) is 34.1. The van der Waals surface area contributed by atoms with Gasteiger partial charge in [-0.05, 0) is 55.8 Å². The van der Waals surface area contributed by atoms with Crippen LogP contribution < -0.4 is 14.9 Å². The van der Waals surface area contributed by atoms with E-state index in [2.05, 4.69) is 10.0 Å². The van der Waals surface area contributed by atoms with Gasteiger partial charge in [0.1, 0.15) is 31.0 Å². The molecule has 57 heavy (non-hydrogen) atoms. The molecule has 0 radical (unpaired) electrons. The first kappa shape index (κ1) is 41.9. The number of aliphatic hydroxyl groups excluding tert-OH is 1. The highest BCUT2D eigenvalue weighted by Crippen LogP contribution is 2.46. The number of rotatable bonds is 13. The number of benzene rings is 4. The summed E-state index contributed by atoms with van der Waals surface area (Å²) in [6, 6.07) is 24.8. The van der Waals surface area contributed by atoms with Crippen molar-refractivity contribution in [1.29, 1.82) is 0 Å². The van der Waals surface area contributed by atoms with Gasteiger partial charge in [-0.25, -0.2) is 13.2 Å². The second kappa shape index (κ2) is 17.0. The van der Waals surface area contributed by atoms with Crippen molar-refractivity contribution in [2.45, 2.75) is 91.7 Å². The minimum absolute atomic E-state index is 0.0232. The molecule has 3 N–H and O–H groups in total. The van der Waals surface area contributed by atoms with E-state index >= 15 is 0 Å². The quantitative estimate of drug-likeness (QED) is 0.154. The molecule has 2 aliphatic rings. The highest BCUT2D eigenvalue weighted by Gasteiger charge is 2.58. The van der Waals surface area contributed by atoms with Crippen LogP contribution in [0.5, 0.6) is 0 Å². The normalized spacial score (nSPS) is 23.6. The highest BCUT2D eigenvalue weighted by molar-refractivity contribution is 8.01. The highest BCUT2D eigenvalue weighted by atomic mass is 32.2. The maximum atomic E-state index is 14.4. The van der Waals surface area contributed by atoms with E-state index in [9.17, 15) is 27.9 Å². The molecule has 6 rings (SSSR count). The molecule has 1 amide bonds. The van der Waals surface area contributed by atoms with E-state index in [-0.39, 0.29) is 30.2 Å². The van der Waals surface area contributed by atoms with Crippen molar-refractivity contribution in [2.24, 2.45) is 0 Å². The van der Waals surface area contributed by atoms with Crippen LogP contribution in [0, 0.1) is 0 Å². The standard InChI is InChI=1S/C41H47N3O11S2/c1-25(45)42-36-33(53-26(2)46)22-41(39(48)51-23-27-12-8-7-9-13-27,55-38(36)37(47)34-24-52-40(3,4)54-34)56-29-20-18-28(19-21-29)43-57(49,50)35-17-11-14-30-31(35)15-10-16-32(30)44(5)6/h7-21,33-34,36-38,43,47H,22-24H2,1-6H3,(H,42,45)/t33-,34+,36+,37+,38+,41-/m0/s1. The van der Waals surface area contributed by atoms with Crippen LogP contribution in [0.25, 0.3) is 10.8 Å². The molecular weight excluding hydrogens is 775 g/mol. The Labute approximate surface area is 336 Å². The molecule has 0 aromatic heterocycles. The SMILES string of the molecule is CC(=O)N[C@H]1[C@H]([C@H](O)[C@H]2COC(C)(C)O2)O[C@@](Sc2ccc(NS(=O)(=O)c3cccc4c(N(C)C)cccc34)cc2)(C(=O)OCc2ccccc2)C[C@@H]1OC(C)=O. The van der Waals surface area contributed by atoms with Crippen LogP contribution in [-0.2, 0) is 54.7 Å². The third kappa shape index (κ3) is 9.71. The van der Waals surface area contributed by atoms with E-state index < -0.39 is 69.0 Å². The fourth-order valence-electron chi connectivity index (χ4n) is 7.01. The molecule has 6 atom stereocenters. The topological polar surface area (TPSA) is 179 Å². The number of carbonyl (C=O) groups is 3. The lowest BCUT2D eigenvalue weighted by Gasteiger charge is -2.48. The van der Waals surface area contributed by atoms with Crippen LogP contribution >= 0.6 is 11.8 Å². The number of hydrogen-bond acceptors (Lipinski definition) is 13. The largest absolute Gasteiger partial charge is 0.460 e. The van der Waals surface area contributed by atoms with Crippen LogP contribution in [0.3, 0.4) is 0 Å². The molecule has 0 bridgehead atoms. The van der Waals surface area contributed by atoms with Gasteiger partial charge >= 0.3 is 11.9 Å². The summed E-state index contributed by atoms with van der Waals surface area (Å²) in [7, 11) is -0.281. The van der Waals surface area contributed by atoms with Gasteiger partial charge in [0.05, 0.1) is 17.5 Å². The molecule has 304 valence electrons. The Kier molecular flexibility index (Phi) is 12.5. The summed E-state index contributed by atoms with van der Waals surface area (Å²) in [5.74, 6) is -3.06. The van der Waals surface area contributed by atoms with Gasteiger partial charge in [-0.15, -0.1) is 0 Å². The van der Waals surface area contributed by atoms with Crippen molar-refractivity contribution in [2.75, 3.05) is 30.3 Å². The second-order valence-corrected chi connectivity index (χ2v) is 17.6. The number of anilines is 2. The Balaban J connectivity index is 1.34. The summed E-state index contributed by atoms with van der Waals surface area (Å²) in [5, 5.41) is 15.9. The number of amides is 1. The van der Waals surface area contributed by atoms with Crippen molar-refractivity contribution in [3.05, 3.63) is 96.6 Å². The lowest BCUT2D eigenvalue weighted by Crippen LogP contribution is -2.67. The fourth-order valence-corrected chi connectivity index (χ4v) is 9.50. The summed E-state index contributed by atoms with van der Waals surface area (Å²) in [5.41, 5.74) is 1.82. The zero-order valence-electron chi connectivity index (χ0n) is 32.5. The molecule has 4 aromatic rings. The monoisotopic (exact) mass is 821 g/mol. The number of hydrogen-bond donors (Lipinski definition) is 3. The van der Waals surface area contributed by atoms with Crippen molar-refractivity contribution < 1.29 is 51.6 Å². The van der Waals surface area contributed by atoms with Gasteiger partial charge in [0.25, 0.3) is 10.0 Å². The molecule has 2 fully saturated rings. The number of aliphatic hydroxyl groups is 1. The lowest BCUT2D eigenvalue weighted by atomic mass is 9.89. The molecule has 16 heteroatoms. The van der Waals surface area contributed by atoms with Crippen molar-refractivity contribution in [3.8, 4) is 0 Å². The molecule has 2 heterocycles. The molecule has 14 nitrogen and oxygen atoms in total. The van der Waals surface area contributed by atoms with E-state index in [0.29, 0.717) is 15.8 Å². The maximum Gasteiger partial charge on any atom is 0.349 e.